The number of morpholine rings is 1. The van der Waals surface area contributed by atoms with Gasteiger partial charge in [-0.25, -0.2) is 0 Å². The largest absolute Gasteiger partial charge is 0.377 e. The van der Waals surface area contributed by atoms with Gasteiger partial charge in [-0.3, -0.25) is 4.79 Å². The second-order valence-electron chi connectivity index (χ2n) is 3.57. The molecule has 5 nitrogen and oxygen atoms in total. The summed E-state index contributed by atoms with van der Waals surface area (Å²) in [5, 5.41) is 4.59. The molecule has 0 aliphatic carbocycles. The van der Waals surface area contributed by atoms with Gasteiger partial charge < -0.3 is 9.64 Å². The van der Waals surface area contributed by atoms with Crippen LogP contribution in [-0.4, -0.2) is 51.5 Å². The molecule has 1 atom stereocenters. The van der Waals surface area contributed by atoms with Crippen LogP contribution in [-0.2, 0) is 4.74 Å². The molecule has 1 aromatic rings. The number of amides is 1. The second kappa shape index (κ2) is 5.20. The van der Waals surface area contributed by atoms with Gasteiger partial charge >= 0.3 is 0 Å². The lowest BCUT2D eigenvalue weighted by Crippen LogP contribution is -2.49. The Morgan fingerprint density at radius 2 is 2.56 bits per heavy atom. The summed E-state index contributed by atoms with van der Waals surface area (Å²) >= 11 is 4.56. The Labute approximate surface area is 106 Å². The Kier molecular flexibility index (Phi) is 3.88. The molecule has 2 heterocycles. The van der Waals surface area contributed by atoms with Crippen molar-refractivity contribution < 1.29 is 9.53 Å². The maximum atomic E-state index is 12.2. The predicted octanol–water partition coefficient (Wildman–Crippen LogP) is 1.08. The normalized spacial score (nSPS) is 21.1. The molecule has 1 aliphatic heterocycles. The van der Waals surface area contributed by atoms with Crippen molar-refractivity contribution in [2.24, 2.45) is 0 Å². The van der Waals surface area contributed by atoms with Crippen molar-refractivity contribution >= 4 is 33.4 Å². The zero-order valence-corrected chi connectivity index (χ0v) is 11.3. The van der Waals surface area contributed by atoms with Gasteiger partial charge in [-0.15, -0.1) is 5.10 Å². The Balaban J connectivity index is 2.17. The molecule has 88 valence electrons. The SMILES string of the molecule is Cc1nnsc1C(=O)N1CCOCC1CBr. The first-order chi connectivity index (χ1) is 7.74. The minimum atomic E-state index is 0.0141. The monoisotopic (exact) mass is 305 g/mol. The molecule has 0 N–H and O–H groups in total. The first-order valence-electron chi connectivity index (χ1n) is 4.97. The van der Waals surface area contributed by atoms with Crippen LogP contribution in [0, 0.1) is 6.92 Å². The van der Waals surface area contributed by atoms with E-state index in [2.05, 4.69) is 25.5 Å². The van der Waals surface area contributed by atoms with Gasteiger partial charge in [-0.1, -0.05) is 20.4 Å². The molecular formula is C9H12BrN3O2S. The Morgan fingerprint density at radius 1 is 1.75 bits per heavy atom. The van der Waals surface area contributed by atoms with Crippen LogP contribution in [0.1, 0.15) is 15.4 Å². The minimum Gasteiger partial charge on any atom is -0.377 e. The summed E-state index contributed by atoms with van der Waals surface area (Å²) in [4.78, 5) is 14.7. The fourth-order valence-corrected chi connectivity index (χ4v) is 2.76. The molecule has 1 amide bonds. The summed E-state index contributed by atoms with van der Waals surface area (Å²) in [5.41, 5.74) is 0.704. The topological polar surface area (TPSA) is 55.3 Å². The summed E-state index contributed by atoms with van der Waals surface area (Å²) in [6.45, 7) is 3.62. The molecule has 16 heavy (non-hydrogen) atoms. The molecule has 0 saturated carbocycles. The third kappa shape index (κ3) is 2.26. The van der Waals surface area contributed by atoms with E-state index in [9.17, 15) is 4.79 Å². The van der Waals surface area contributed by atoms with Gasteiger partial charge in [-0.05, 0) is 18.5 Å². The highest BCUT2D eigenvalue weighted by Crippen LogP contribution is 2.17. The summed E-state index contributed by atoms with van der Waals surface area (Å²) < 4.78 is 9.14. The van der Waals surface area contributed by atoms with Crippen molar-refractivity contribution in [2.75, 3.05) is 25.1 Å². The number of hydrogen-bond acceptors (Lipinski definition) is 5. The second-order valence-corrected chi connectivity index (χ2v) is 4.97. The molecule has 1 aliphatic rings. The van der Waals surface area contributed by atoms with Crippen LogP contribution in [0.2, 0.25) is 0 Å². The van der Waals surface area contributed by atoms with Gasteiger partial charge in [0.1, 0.15) is 4.88 Å². The van der Waals surface area contributed by atoms with Crippen LogP contribution in [0.25, 0.3) is 0 Å². The fraction of sp³-hybridized carbons (Fsp3) is 0.667. The lowest BCUT2D eigenvalue weighted by molar-refractivity contribution is 0.00547. The van der Waals surface area contributed by atoms with Gasteiger partial charge in [0.25, 0.3) is 5.91 Å². The molecule has 7 heteroatoms. The van der Waals surface area contributed by atoms with Gasteiger partial charge in [0.05, 0.1) is 24.9 Å². The smallest absolute Gasteiger partial charge is 0.267 e. The average molecular weight is 306 g/mol. The average Bonchev–Trinajstić information content (AvgIpc) is 2.74. The zero-order valence-electron chi connectivity index (χ0n) is 8.85. The van der Waals surface area contributed by atoms with E-state index in [0.29, 0.717) is 30.3 Å². The van der Waals surface area contributed by atoms with E-state index in [1.54, 1.807) is 6.92 Å². The van der Waals surface area contributed by atoms with E-state index in [-0.39, 0.29) is 11.9 Å². The van der Waals surface area contributed by atoms with Crippen LogP contribution in [0.4, 0.5) is 0 Å². The lowest BCUT2D eigenvalue weighted by atomic mass is 10.2. The summed E-state index contributed by atoms with van der Waals surface area (Å²) in [5.74, 6) is 0.0141. The number of carbonyl (C=O) groups is 1. The van der Waals surface area contributed by atoms with Crippen LogP contribution in [0.3, 0.4) is 0 Å². The molecule has 0 spiro atoms. The fourth-order valence-electron chi connectivity index (χ4n) is 1.61. The van der Waals surface area contributed by atoms with E-state index in [1.807, 2.05) is 4.90 Å². The maximum Gasteiger partial charge on any atom is 0.267 e. The van der Waals surface area contributed by atoms with E-state index < -0.39 is 0 Å². The van der Waals surface area contributed by atoms with E-state index in [0.717, 1.165) is 16.9 Å². The van der Waals surface area contributed by atoms with Crippen molar-refractivity contribution in [3.8, 4) is 0 Å². The van der Waals surface area contributed by atoms with Crippen molar-refractivity contribution in [3.63, 3.8) is 0 Å². The third-order valence-electron chi connectivity index (χ3n) is 2.51. The van der Waals surface area contributed by atoms with Crippen molar-refractivity contribution in [1.29, 1.82) is 0 Å². The number of halogens is 1. The number of nitrogens with zero attached hydrogens (tertiary/aromatic N) is 3. The predicted molar refractivity (Wildman–Crippen MR) is 64.1 cm³/mol. The highest BCUT2D eigenvalue weighted by Gasteiger charge is 2.29. The van der Waals surface area contributed by atoms with E-state index in [4.69, 9.17) is 4.74 Å². The third-order valence-corrected chi connectivity index (χ3v) is 4.08. The van der Waals surface area contributed by atoms with Crippen LogP contribution in [0.5, 0.6) is 0 Å². The zero-order chi connectivity index (χ0) is 11.5. The van der Waals surface area contributed by atoms with Gasteiger partial charge in [-0.2, -0.15) is 0 Å². The number of alkyl halides is 1. The van der Waals surface area contributed by atoms with Gasteiger partial charge in [0.2, 0.25) is 0 Å². The molecule has 1 unspecified atom stereocenters. The quantitative estimate of drug-likeness (QED) is 0.767. The number of aromatic nitrogens is 2. The maximum absolute atomic E-state index is 12.2. The summed E-state index contributed by atoms with van der Waals surface area (Å²) in [7, 11) is 0. The highest BCUT2D eigenvalue weighted by molar-refractivity contribution is 9.09. The number of aryl methyl sites for hydroxylation is 1. The lowest BCUT2D eigenvalue weighted by Gasteiger charge is -2.34. The molecule has 1 saturated heterocycles. The van der Waals surface area contributed by atoms with Gasteiger partial charge in [0.15, 0.2) is 0 Å². The van der Waals surface area contributed by atoms with E-state index >= 15 is 0 Å². The number of hydrogen-bond donors (Lipinski definition) is 0. The number of carbonyl (C=O) groups excluding carboxylic acids is 1. The molecule has 2 rings (SSSR count). The van der Waals surface area contributed by atoms with Gasteiger partial charge in [0, 0.05) is 11.9 Å². The van der Waals surface area contributed by atoms with Crippen LogP contribution in [0.15, 0.2) is 0 Å². The molecular weight excluding hydrogens is 294 g/mol. The number of rotatable bonds is 2. The first kappa shape index (κ1) is 11.9. The minimum absolute atomic E-state index is 0.0141. The standard InChI is InChI=1S/C9H12BrN3O2S/c1-6-8(16-12-11-6)9(14)13-2-3-15-5-7(13)4-10/h7H,2-5H2,1H3. The summed E-state index contributed by atoms with van der Waals surface area (Å²) in [6.07, 6.45) is 0. The Morgan fingerprint density at radius 3 is 3.19 bits per heavy atom. The van der Waals surface area contributed by atoms with Crippen molar-refractivity contribution in [3.05, 3.63) is 10.6 Å². The molecule has 0 radical (unpaired) electrons. The summed E-state index contributed by atoms with van der Waals surface area (Å²) in [6, 6.07) is 0.0998. The molecule has 1 fully saturated rings. The Hall–Kier alpha value is -0.530. The Bertz CT molecular complexity index is 385. The highest BCUT2D eigenvalue weighted by atomic mass is 79.9. The van der Waals surface area contributed by atoms with Crippen LogP contribution < -0.4 is 0 Å². The van der Waals surface area contributed by atoms with E-state index in [1.165, 1.54) is 0 Å². The molecule has 0 bridgehead atoms. The van der Waals surface area contributed by atoms with Crippen molar-refractivity contribution in [2.45, 2.75) is 13.0 Å². The molecule has 0 aromatic carbocycles. The van der Waals surface area contributed by atoms with Crippen molar-refractivity contribution in [1.82, 2.24) is 14.5 Å². The van der Waals surface area contributed by atoms with Crippen LogP contribution >= 0.6 is 27.5 Å². The first-order valence-corrected chi connectivity index (χ1v) is 6.87. The number of ether oxygens (including phenoxy) is 1. The molecule has 1 aromatic heterocycles.